The molecule has 3 N–H and O–H groups in total. The molecule has 3 aromatic carbocycles. The van der Waals surface area contributed by atoms with Crippen molar-refractivity contribution >= 4 is 28.9 Å². The molecule has 2 amide bonds. The first kappa shape index (κ1) is 20.1. The van der Waals surface area contributed by atoms with Gasteiger partial charge in [-0.3, -0.25) is 9.59 Å². The molecule has 5 nitrogen and oxygen atoms in total. The quantitative estimate of drug-likeness (QED) is 0.586. The zero-order valence-corrected chi connectivity index (χ0v) is 16.5. The van der Waals surface area contributed by atoms with Crippen LogP contribution in [-0.4, -0.2) is 18.4 Å². The third-order valence-corrected chi connectivity index (χ3v) is 4.61. The van der Waals surface area contributed by atoms with Crippen LogP contribution in [0.2, 0.25) is 0 Å². The lowest BCUT2D eigenvalue weighted by molar-refractivity contribution is -0.116. The van der Waals surface area contributed by atoms with E-state index < -0.39 is 0 Å². The predicted molar refractivity (Wildman–Crippen MR) is 118 cm³/mol. The summed E-state index contributed by atoms with van der Waals surface area (Å²) in [4.78, 5) is 27.0. The Morgan fingerprint density at radius 2 is 1.69 bits per heavy atom. The summed E-state index contributed by atoms with van der Waals surface area (Å²) in [5.41, 5.74) is 9.47. The van der Waals surface area contributed by atoms with E-state index in [-0.39, 0.29) is 11.8 Å². The molecule has 0 saturated heterocycles. The first-order chi connectivity index (χ1) is 14.1. The summed E-state index contributed by atoms with van der Waals surface area (Å²) in [5.74, 6) is -0.206. The standard InChI is InChI=1S/C24H25N3O2/c1-2-27(22-12-4-3-5-13-22)24(29)19-9-7-11-21(17-19)26-23(28)15-14-18-8-6-10-20(25)16-18/h3-13,16-17H,2,14-15,25H2,1H3,(H,26,28). The van der Waals surface area contributed by atoms with Gasteiger partial charge in [-0.05, 0) is 61.4 Å². The Morgan fingerprint density at radius 3 is 2.41 bits per heavy atom. The van der Waals surface area contributed by atoms with Crippen molar-refractivity contribution in [1.82, 2.24) is 0 Å². The number of rotatable bonds is 7. The maximum atomic E-state index is 13.0. The number of anilines is 3. The van der Waals surface area contributed by atoms with Crippen molar-refractivity contribution in [2.75, 3.05) is 22.5 Å². The highest BCUT2D eigenvalue weighted by molar-refractivity contribution is 6.07. The Hall–Kier alpha value is -3.60. The Morgan fingerprint density at radius 1 is 0.931 bits per heavy atom. The van der Waals surface area contributed by atoms with E-state index in [4.69, 9.17) is 5.73 Å². The van der Waals surface area contributed by atoms with Crippen LogP contribution < -0.4 is 16.0 Å². The molecule has 0 radical (unpaired) electrons. The molecule has 0 spiro atoms. The number of nitrogens with two attached hydrogens (primary N) is 1. The van der Waals surface area contributed by atoms with Crippen LogP contribution in [0.5, 0.6) is 0 Å². The smallest absolute Gasteiger partial charge is 0.258 e. The van der Waals surface area contributed by atoms with Gasteiger partial charge < -0.3 is 16.0 Å². The number of aryl methyl sites for hydroxylation is 1. The molecule has 0 aliphatic heterocycles. The summed E-state index contributed by atoms with van der Waals surface area (Å²) < 4.78 is 0. The van der Waals surface area contributed by atoms with Gasteiger partial charge in [-0.2, -0.15) is 0 Å². The van der Waals surface area contributed by atoms with Gasteiger partial charge in [0.25, 0.3) is 5.91 Å². The van der Waals surface area contributed by atoms with Crippen molar-refractivity contribution < 1.29 is 9.59 Å². The number of amides is 2. The zero-order valence-electron chi connectivity index (χ0n) is 16.5. The van der Waals surface area contributed by atoms with Gasteiger partial charge in [0.05, 0.1) is 0 Å². The summed E-state index contributed by atoms with van der Waals surface area (Å²) >= 11 is 0. The Balaban J connectivity index is 1.65. The fourth-order valence-electron chi connectivity index (χ4n) is 3.17. The van der Waals surface area contributed by atoms with E-state index in [1.54, 1.807) is 29.2 Å². The van der Waals surface area contributed by atoms with Crippen molar-refractivity contribution in [2.24, 2.45) is 0 Å². The molecule has 3 aromatic rings. The van der Waals surface area contributed by atoms with Crippen LogP contribution in [-0.2, 0) is 11.2 Å². The third kappa shape index (κ3) is 5.45. The fourth-order valence-corrected chi connectivity index (χ4v) is 3.17. The third-order valence-electron chi connectivity index (χ3n) is 4.61. The van der Waals surface area contributed by atoms with Crippen molar-refractivity contribution in [3.8, 4) is 0 Å². The van der Waals surface area contributed by atoms with Gasteiger partial charge in [-0.25, -0.2) is 0 Å². The van der Waals surface area contributed by atoms with Gasteiger partial charge in [0.15, 0.2) is 0 Å². The molecule has 29 heavy (non-hydrogen) atoms. The first-order valence-electron chi connectivity index (χ1n) is 9.68. The number of para-hydroxylation sites is 1. The Kier molecular flexibility index (Phi) is 6.63. The largest absolute Gasteiger partial charge is 0.399 e. The molecule has 148 valence electrons. The molecule has 0 unspecified atom stereocenters. The SMILES string of the molecule is CCN(C(=O)c1cccc(NC(=O)CCc2cccc(N)c2)c1)c1ccccc1. The van der Waals surface area contributed by atoms with Crippen LogP contribution in [0.1, 0.15) is 29.3 Å². The maximum absolute atomic E-state index is 13.0. The monoisotopic (exact) mass is 387 g/mol. The van der Waals surface area contributed by atoms with E-state index in [0.29, 0.717) is 36.3 Å². The van der Waals surface area contributed by atoms with Crippen LogP contribution in [0.15, 0.2) is 78.9 Å². The van der Waals surface area contributed by atoms with E-state index in [2.05, 4.69) is 5.32 Å². The number of nitrogen functional groups attached to an aromatic ring is 1. The van der Waals surface area contributed by atoms with Gasteiger partial charge >= 0.3 is 0 Å². The number of hydrogen-bond acceptors (Lipinski definition) is 3. The van der Waals surface area contributed by atoms with Gasteiger partial charge in [0.2, 0.25) is 5.91 Å². The summed E-state index contributed by atoms with van der Waals surface area (Å²) in [5, 5.41) is 2.88. The number of nitrogens with one attached hydrogen (secondary N) is 1. The predicted octanol–water partition coefficient (Wildman–Crippen LogP) is 4.51. The fraction of sp³-hybridized carbons (Fsp3) is 0.167. The van der Waals surface area contributed by atoms with Crippen LogP contribution in [0.25, 0.3) is 0 Å². The lowest BCUT2D eigenvalue weighted by Crippen LogP contribution is -2.30. The van der Waals surface area contributed by atoms with Crippen molar-refractivity contribution in [3.63, 3.8) is 0 Å². The maximum Gasteiger partial charge on any atom is 0.258 e. The Bertz CT molecular complexity index is 986. The van der Waals surface area contributed by atoms with Gasteiger partial charge in [0, 0.05) is 35.6 Å². The topological polar surface area (TPSA) is 75.4 Å². The van der Waals surface area contributed by atoms with Gasteiger partial charge in [0.1, 0.15) is 0 Å². The molecule has 0 saturated carbocycles. The second kappa shape index (κ2) is 9.55. The number of carbonyl (C=O) groups is 2. The van der Waals surface area contributed by atoms with Crippen LogP contribution in [0, 0.1) is 0 Å². The zero-order chi connectivity index (χ0) is 20.6. The molecular formula is C24H25N3O2. The number of hydrogen-bond donors (Lipinski definition) is 2. The number of benzene rings is 3. The average Bonchev–Trinajstić information content (AvgIpc) is 2.74. The molecule has 0 aliphatic rings. The molecule has 0 atom stereocenters. The molecule has 0 aliphatic carbocycles. The highest BCUT2D eigenvalue weighted by atomic mass is 16.2. The van der Waals surface area contributed by atoms with E-state index in [0.717, 1.165) is 11.3 Å². The lowest BCUT2D eigenvalue weighted by Gasteiger charge is -2.21. The van der Waals surface area contributed by atoms with Crippen molar-refractivity contribution in [2.45, 2.75) is 19.8 Å². The molecule has 5 heteroatoms. The summed E-state index contributed by atoms with van der Waals surface area (Å²) in [6.07, 6.45) is 0.944. The molecule has 0 aromatic heterocycles. The second-order valence-electron chi connectivity index (χ2n) is 6.76. The summed E-state index contributed by atoms with van der Waals surface area (Å²) in [6.45, 7) is 2.49. The molecule has 3 rings (SSSR count). The minimum atomic E-state index is -0.104. The normalized spacial score (nSPS) is 10.4. The highest BCUT2D eigenvalue weighted by Crippen LogP contribution is 2.19. The minimum absolute atomic E-state index is 0.102. The number of nitrogens with zero attached hydrogens (tertiary/aromatic N) is 1. The highest BCUT2D eigenvalue weighted by Gasteiger charge is 2.16. The Labute approximate surface area is 171 Å². The molecule has 0 fully saturated rings. The van der Waals surface area contributed by atoms with E-state index in [1.807, 2.05) is 61.5 Å². The van der Waals surface area contributed by atoms with E-state index >= 15 is 0 Å². The van der Waals surface area contributed by atoms with Crippen molar-refractivity contribution in [3.05, 3.63) is 90.0 Å². The van der Waals surface area contributed by atoms with Crippen LogP contribution in [0.3, 0.4) is 0 Å². The number of carbonyl (C=O) groups excluding carboxylic acids is 2. The average molecular weight is 387 g/mol. The van der Waals surface area contributed by atoms with Crippen LogP contribution in [0.4, 0.5) is 17.1 Å². The van der Waals surface area contributed by atoms with Crippen molar-refractivity contribution in [1.29, 1.82) is 0 Å². The molecule has 0 bridgehead atoms. The molecule has 0 heterocycles. The second-order valence-corrected chi connectivity index (χ2v) is 6.76. The first-order valence-corrected chi connectivity index (χ1v) is 9.68. The van der Waals surface area contributed by atoms with E-state index in [9.17, 15) is 9.59 Å². The van der Waals surface area contributed by atoms with E-state index in [1.165, 1.54) is 0 Å². The summed E-state index contributed by atoms with van der Waals surface area (Å²) in [7, 11) is 0. The van der Waals surface area contributed by atoms with Gasteiger partial charge in [-0.1, -0.05) is 36.4 Å². The minimum Gasteiger partial charge on any atom is -0.399 e. The molecular weight excluding hydrogens is 362 g/mol. The van der Waals surface area contributed by atoms with Gasteiger partial charge in [-0.15, -0.1) is 0 Å². The summed E-state index contributed by atoms with van der Waals surface area (Å²) in [6, 6.07) is 24.1. The van der Waals surface area contributed by atoms with Crippen LogP contribution >= 0.6 is 0 Å². The lowest BCUT2D eigenvalue weighted by atomic mass is 10.1.